The molecule has 2 rings (SSSR count). The molecule has 0 atom stereocenters. The Kier molecular flexibility index (Phi) is 3.78. The summed E-state index contributed by atoms with van der Waals surface area (Å²) in [5, 5.41) is 2.94. The predicted molar refractivity (Wildman–Crippen MR) is 75.5 cm³/mol. The van der Waals surface area contributed by atoms with E-state index in [-0.39, 0.29) is 5.91 Å². The van der Waals surface area contributed by atoms with Crippen LogP contribution in [-0.4, -0.2) is 5.91 Å². The van der Waals surface area contributed by atoms with Gasteiger partial charge in [-0.3, -0.25) is 4.79 Å². The molecule has 0 spiro atoms. The Bertz CT molecular complexity index is 561. The fraction of sp³-hybridized carbons (Fsp3) is 0.188. The normalized spacial score (nSPS) is 10.1. The fourth-order valence-electron chi connectivity index (χ4n) is 1.90. The van der Waals surface area contributed by atoms with Crippen LogP contribution in [0.2, 0.25) is 0 Å². The molecule has 1 amide bonds. The maximum Gasteiger partial charge on any atom is 0.224 e. The molecule has 1 N–H and O–H groups in total. The third-order valence-corrected chi connectivity index (χ3v) is 2.85. The van der Waals surface area contributed by atoms with Gasteiger partial charge in [-0.1, -0.05) is 55.0 Å². The maximum absolute atomic E-state index is 11.5. The summed E-state index contributed by atoms with van der Waals surface area (Å²) in [5.74, 6) is 0.0371. The highest BCUT2D eigenvalue weighted by Crippen LogP contribution is 2.28. The van der Waals surface area contributed by atoms with Crippen LogP contribution in [0.25, 0.3) is 11.1 Å². The van der Waals surface area contributed by atoms with Crippen molar-refractivity contribution >= 4 is 11.6 Å². The Morgan fingerprint density at radius 1 is 1.11 bits per heavy atom. The molecule has 0 saturated carbocycles. The van der Waals surface area contributed by atoms with Crippen molar-refractivity contribution in [3.63, 3.8) is 0 Å². The zero-order valence-electron chi connectivity index (χ0n) is 10.7. The summed E-state index contributed by atoms with van der Waals surface area (Å²) in [4.78, 5) is 11.5. The molecule has 2 aromatic rings. The molecule has 0 heterocycles. The van der Waals surface area contributed by atoms with Crippen LogP contribution in [0.5, 0.6) is 0 Å². The number of nitrogens with one attached hydrogen (secondary N) is 1. The molecule has 0 aliphatic rings. The molecule has 0 saturated heterocycles. The van der Waals surface area contributed by atoms with Gasteiger partial charge in [0.2, 0.25) is 5.91 Å². The van der Waals surface area contributed by atoms with Crippen molar-refractivity contribution in [3.8, 4) is 11.1 Å². The first kappa shape index (κ1) is 12.4. The van der Waals surface area contributed by atoms with E-state index in [9.17, 15) is 4.79 Å². The van der Waals surface area contributed by atoms with E-state index in [4.69, 9.17) is 0 Å². The van der Waals surface area contributed by atoms with Crippen molar-refractivity contribution in [2.75, 3.05) is 5.32 Å². The lowest BCUT2D eigenvalue weighted by molar-refractivity contribution is -0.115. The Labute approximate surface area is 108 Å². The van der Waals surface area contributed by atoms with Crippen molar-refractivity contribution < 1.29 is 4.79 Å². The summed E-state index contributed by atoms with van der Waals surface area (Å²) in [6.07, 6.45) is 0.488. The lowest BCUT2D eigenvalue weighted by atomic mass is 10.0. The SMILES string of the molecule is CCC(=O)Nc1ccccc1-c1cccc(C)c1. The third-order valence-electron chi connectivity index (χ3n) is 2.85. The van der Waals surface area contributed by atoms with Crippen LogP contribution in [-0.2, 0) is 4.79 Å². The number of carbonyl (C=O) groups is 1. The summed E-state index contributed by atoms with van der Waals surface area (Å²) in [6.45, 7) is 3.92. The molecule has 2 heteroatoms. The van der Waals surface area contributed by atoms with E-state index < -0.39 is 0 Å². The van der Waals surface area contributed by atoms with Gasteiger partial charge in [0.1, 0.15) is 0 Å². The molecule has 0 aliphatic heterocycles. The van der Waals surface area contributed by atoms with Crippen molar-refractivity contribution in [2.45, 2.75) is 20.3 Å². The lowest BCUT2D eigenvalue weighted by Crippen LogP contribution is -2.10. The van der Waals surface area contributed by atoms with E-state index in [0.717, 1.165) is 16.8 Å². The van der Waals surface area contributed by atoms with Crippen LogP contribution >= 0.6 is 0 Å². The van der Waals surface area contributed by atoms with Crippen LogP contribution < -0.4 is 5.32 Å². The Hall–Kier alpha value is -2.09. The number of benzene rings is 2. The van der Waals surface area contributed by atoms with Crippen molar-refractivity contribution in [3.05, 3.63) is 54.1 Å². The quantitative estimate of drug-likeness (QED) is 0.861. The second-order valence-electron chi connectivity index (χ2n) is 4.32. The van der Waals surface area contributed by atoms with Crippen molar-refractivity contribution in [2.24, 2.45) is 0 Å². The molecule has 0 aromatic heterocycles. The number of hydrogen-bond donors (Lipinski definition) is 1. The standard InChI is InChI=1S/C16H17NO/c1-3-16(18)17-15-10-5-4-9-14(15)13-8-6-7-12(2)11-13/h4-11H,3H2,1-2H3,(H,17,18). The van der Waals surface area contributed by atoms with E-state index in [1.807, 2.05) is 37.3 Å². The number of amides is 1. The summed E-state index contributed by atoms with van der Waals surface area (Å²) in [7, 11) is 0. The van der Waals surface area contributed by atoms with Gasteiger partial charge in [-0.25, -0.2) is 0 Å². The van der Waals surface area contributed by atoms with Gasteiger partial charge in [-0.15, -0.1) is 0 Å². The molecule has 0 aliphatic carbocycles. The second kappa shape index (κ2) is 5.50. The summed E-state index contributed by atoms with van der Waals surface area (Å²) < 4.78 is 0. The highest BCUT2D eigenvalue weighted by Gasteiger charge is 2.06. The van der Waals surface area contributed by atoms with Gasteiger partial charge in [-0.2, -0.15) is 0 Å². The zero-order valence-corrected chi connectivity index (χ0v) is 10.7. The van der Waals surface area contributed by atoms with Crippen molar-refractivity contribution in [1.29, 1.82) is 0 Å². The average Bonchev–Trinajstić information content (AvgIpc) is 2.39. The van der Waals surface area contributed by atoms with Crippen LogP contribution in [0.15, 0.2) is 48.5 Å². The first-order valence-corrected chi connectivity index (χ1v) is 6.16. The molecule has 92 valence electrons. The summed E-state index contributed by atoms with van der Waals surface area (Å²) >= 11 is 0. The first-order chi connectivity index (χ1) is 8.70. The molecule has 0 radical (unpaired) electrons. The van der Waals surface area contributed by atoms with E-state index in [2.05, 4.69) is 30.4 Å². The number of carbonyl (C=O) groups excluding carboxylic acids is 1. The van der Waals surface area contributed by atoms with Crippen molar-refractivity contribution in [1.82, 2.24) is 0 Å². The predicted octanol–water partition coefficient (Wildman–Crippen LogP) is 4.01. The van der Waals surface area contributed by atoms with E-state index in [1.54, 1.807) is 0 Å². The average molecular weight is 239 g/mol. The van der Waals surface area contributed by atoms with Gasteiger partial charge in [0.05, 0.1) is 0 Å². The molecule has 0 bridgehead atoms. The van der Waals surface area contributed by atoms with E-state index >= 15 is 0 Å². The molecule has 18 heavy (non-hydrogen) atoms. The molecule has 0 unspecified atom stereocenters. The topological polar surface area (TPSA) is 29.1 Å². The smallest absolute Gasteiger partial charge is 0.224 e. The van der Waals surface area contributed by atoms with Gasteiger partial charge < -0.3 is 5.32 Å². The number of anilines is 1. The van der Waals surface area contributed by atoms with E-state index in [1.165, 1.54) is 5.56 Å². The third kappa shape index (κ3) is 2.77. The molecule has 2 aromatic carbocycles. The summed E-state index contributed by atoms with van der Waals surface area (Å²) in [6, 6.07) is 16.2. The molecular weight excluding hydrogens is 222 g/mol. The van der Waals surface area contributed by atoms with Crippen LogP contribution in [0.3, 0.4) is 0 Å². The minimum Gasteiger partial charge on any atom is -0.326 e. The van der Waals surface area contributed by atoms with E-state index in [0.29, 0.717) is 6.42 Å². The lowest BCUT2D eigenvalue weighted by Gasteiger charge is -2.11. The molecular formula is C16H17NO. The highest BCUT2D eigenvalue weighted by atomic mass is 16.1. The number of aryl methyl sites for hydroxylation is 1. The number of para-hydroxylation sites is 1. The second-order valence-corrected chi connectivity index (χ2v) is 4.32. The zero-order chi connectivity index (χ0) is 13.0. The van der Waals surface area contributed by atoms with Gasteiger partial charge in [0.15, 0.2) is 0 Å². The molecule has 2 nitrogen and oxygen atoms in total. The van der Waals surface area contributed by atoms with Gasteiger partial charge in [0, 0.05) is 17.7 Å². The number of hydrogen-bond acceptors (Lipinski definition) is 1. The van der Waals surface area contributed by atoms with Crippen LogP contribution in [0.4, 0.5) is 5.69 Å². The van der Waals surface area contributed by atoms with Gasteiger partial charge in [0.25, 0.3) is 0 Å². The highest BCUT2D eigenvalue weighted by molar-refractivity contribution is 5.95. The Morgan fingerprint density at radius 2 is 1.89 bits per heavy atom. The summed E-state index contributed by atoms with van der Waals surface area (Å²) in [5.41, 5.74) is 4.27. The first-order valence-electron chi connectivity index (χ1n) is 6.16. The number of rotatable bonds is 3. The maximum atomic E-state index is 11.5. The van der Waals surface area contributed by atoms with Gasteiger partial charge in [-0.05, 0) is 18.6 Å². The fourth-order valence-corrected chi connectivity index (χ4v) is 1.90. The van der Waals surface area contributed by atoms with Crippen LogP contribution in [0.1, 0.15) is 18.9 Å². The van der Waals surface area contributed by atoms with Gasteiger partial charge >= 0.3 is 0 Å². The minimum atomic E-state index is 0.0371. The Morgan fingerprint density at radius 3 is 2.61 bits per heavy atom. The molecule has 0 fully saturated rings. The van der Waals surface area contributed by atoms with Crippen LogP contribution in [0, 0.1) is 6.92 Å². The largest absolute Gasteiger partial charge is 0.326 e. The minimum absolute atomic E-state index is 0.0371. The Balaban J connectivity index is 2.41. The monoisotopic (exact) mass is 239 g/mol.